The predicted molar refractivity (Wildman–Crippen MR) is 102 cm³/mol. The van der Waals surface area contributed by atoms with Gasteiger partial charge in [0.25, 0.3) is 5.69 Å². The number of hydrazone groups is 1. The molecule has 0 fully saturated rings. The third-order valence-corrected chi connectivity index (χ3v) is 4.01. The Morgan fingerprint density at radius 3 is 2.27 bits per heavy atom. The van der Waals surface area contributed by atoms with E-state index >= 15 is 0 Å². The molecule has 0 heterocycles. The van der Waals surface area contributed by atoms with E-state index in [-0.39, 0.29) is 17.5 Å². The molecule has 0 aliphatic rings. The van der Waals surface area contributed by atoms with Crippen molar-refractivity contribution in [3.05, 3.63) is 75.3 Å². The molecule has 26 heavy (non-hydrogen) atoms. The third kappa shape index (κ3) is 5.51. The maximum atomic E-state index is 12.2. The van der Waals surface area contributed by atoms with E-state index in [1.165, 1.54) is 23.9 Å². The zero-order chi connectivity index (χ0) is 19.1. The molecule has 2 aromatic carbocycles. The molecular formula is C20H23N3O3. The Balaban J connectivity index is 1.93. The summed E-state index contributed by atoms with van der Waals surface area (Å²) >= 11 is 0. The van der Waals surface area contributed by atoms with Gasteiger partial charge < -0.3 is 0 Å². The molecule has 0 saturated heterocycles. The summed E-state index contributed by atoms with van der Waals surface area (Å²) in [6.07, 6.45) is 2.47. The average molecular weight is 353 g/mol. The quantitative estimate of drug-likeness (QED) is 0.463. The Bertz CT molecular complexity index is 781. The molecule has 0 aromatic heterocycles. The summed E-state index contributed by atoms with van der Waals surface area (Å²) in [5.74, 6) is 0.0622. The molecule has 0 radical (unpaired) electrons. The third-order valence-electron chi connectivity index (χ3n) is 4.01. The topological polar surface area (TPSA) is 84.6 Å². The maximum Gasteiger partial charge on any atom is 0.269 e. The van der Waals surface area contributed by atoms with E-state index in [9.17, 15) is 14.9 Å². The lowest BCUT2D eigenvalue weighted by Crippen LogP contribution is -2.23. The second-order valence-electron chi connectivity index (χ2n) is 6.64. The van der Waals surface area contributed by atoms with Gasteiger partial charge in [-0.1, -0.05) is 38.1 Å². The van der Waals surface area contributed by atoms with E-state index in [0.717, 1.165) is 12.0 Å². The first kappa shape index (κ1) is 19.3. The summed E-state index contributed by atoms with van der Waals surface area (Å²) in [6, 6.07) is 14.0. The van der Waals surface area contributed by atoms with Crippen molar-refractivity contribution in [2.45, 2.75) is 33.1 Å². The predicted octanol–water partition coefficient (Wildman–Crippen LogP) is 4.05. The lowest BCUT2D eigenvalue weighted by Gasteiger charge is -2.11. The van der Waals surface area contributed by atoms with Gasteiger partial charge in [-0.25, -0.2) is 5.43 Å². The summed E-state index contributed by atoms with van der Waals surface area (Å²) in [5, 5.41) is 14.5. The largest absolute Gasteiger partial charge is 0.272 e. The molecule has 6 nitrogen and oxygen atoms in total. The van der Waals surface area contributed by atoms with Gasteiger partial charge in [0, 0.05) is 12.1 Å². The molecule has 1 N–H and O–H groups in total. The van der Waals surface area contributed by atoms with Crippen LogP contribution in [0.3, 0.4) is 0 Å². The molecule has 0 aliphatic carbocycles. The highest BCUT2D eigenvalue weighted by molar-refractivity contribution is 5.85. The normalized spacial score (nSPS) is 12.3. The van der Waals surface area contributed by atoms with Crippen LogP contribution in [0.2, 0.25) is 0 Å². The number of nitro groups is 1. The Morgan fingerprint density at radius 2 is 1.73 bits per heavy atom. The van der Waals surface area contributed by atoms with E-state index in [0.29, 0.717) is 11.5 Å². The molecular weight excluding hydrogens is 330 g/mol. The van der Waals surface area contributed by atoms with Crippen LogP contribution in [0.5, 0.6) is 0 Å². The Morgan fingerprint density at radius 1 is 1.12 bits per heavy atom. The van der Waals surface area contributed by atoms with Crippen molar-refractivity contribution in [1.82, 2.24) is 5.43 Å². The number of carbonyl (C=O) groups is 1. The number of carbonyl (C=O) groups excluding carboxylic acids is 1. The highest BCUT2D eigenvalue weighted by Crippen LogP contribution is 2.17. The van der Waals surface area contributed by atoms with Crippen LogP contribution in [-0.2, 0) is 11.2 Å². The number of rotatable bonds is 7. The van der Waals surface area contributed by atoms with E-state index in [1.54, 1.807) is 12.1 Å². The number of nitrogens with one attached hydrogen (secondary N) is 1. The monoisotopic (exact) mass is 353 g/mol. The van der Waals surface area contributed by atoms with Crippen LogP contribution >= 0.6 is 0 Å². The molecule has 0 saturated carbocycles. The molecule has 136 valence electrons. The minimum absolute atomic E-state index is 0.0146. The Kier molecular flexibility index (Phi) is 6.60. The number of nitro benzene ring substituents is 1. The van der Waals surface area contributed by atoms with Crippen molar-refractivity contribution in [1.29, 1.82) is 0 Å². The van der Waals surface area contributed by atoms with Gasteiger partial charge >= 0.3 is 0 Å². The molecule has 2 aromatic rings. The molecule has 2 rings (SSSR count). The van der Waals surface area contributed by atoms with Crippen molar-refractivity contribution in [2.75, 3.05) is 0 Å². The van der Waals surface area contributed by atoms with Crippen molar-refractivity contribution < 1.29 is 9.72 Å². The number of benzene rings is 2. The fraction of sp³-hybridized carbons (Fsp3) is 0.300. The van der Waals surface area contributed by atoms with Crippen LogP contribution in [0.25, 0.3) is 0 Å². The molecule has 6 heteroatoms. The minimum atomic E-state index is -0.461. The Hall–Kier alpha value is -3.02. The van der Waals surface area contributed by atoms with Gasteiger partial charge in [-0.05, 0) is 48.1 Å². The van der Waals surface area contributed by atoms with Crippen LogP contribution in [0, 0.1) is 16.0 Å². The van der Waals surface area contributed by atoms with Crippen LogP contribution in [-0.4, -0.2) is 17.0 Å². The highest BCUT2D eigenvalue weighted by atomic mass is 16.6. The van der Waals surface area contributed by atoms with Crippen molar-refractivity contribution in [3.8, 4) is 0 Å². The second-order valence-corrected chi connectivity index (χ2v) is 6.64. The van der Waals surface area contributed by atoms with Crippen molar-refractivity contribution >= 4 is 17.8 Å². The zero-order valence-corrected chi connectivity index (χ0v) is 15.2. The second kappa shape index (κ2) is 8.89. The van der Waals surface area contributed by atoms with E-state index in [4.69, 9.17) is 0 Å². The lowest BCUT2D eigenvalue weighted by molar-refractivity contribution is -0.384. The zero-order valence-electron chi connectivity index (χ0n) is 15.2. The number of hydrogen-bond acceptors (Lipinski definition) is 4. The van der Waals surface area contributed by atoms with Crippen LogP contribution in [0.1, 0.15) is 43.4 Å². The summed E-state index contributed by atoms with van der Waals surface area (Å²) < 4.78 is 0. The van der Waals surface area contributed by atoms with Gasteiger partial charge in [0.15, 0.2) is 0 Å². The van der Waals surface area contributed by atoms with Gasteiger partial charge in [0.1, 0.15) is 0 Å². The summed E-state index contributed by atoms with van der Waals surface area (Å²) in [7, 11) is 0. The molecule has 1 unspecified atom stereocenters. The fourth-order valence-electron chi connectivity index (χ4n) is 2.51. The minimum Gasteiger partial charge on any atom is -0.272 e. The van der Waals surface area contributed by atoms with E-state index < -0.39 is 4.92 Å². The van der Waals surface area contributed by atoms with E-state index in [1.807, 2.05) is 19.1 Å². The molecule has 1 amide bonds. The van der Waals surface area contributed by atoms with Crippen LogP contribution in [0.4, 0.5) is 5.69 Å². The van der Waals surface area contributed by atoms with E-state index in [2.05, 4.69) is 36.5 Å². The summed E-state index contributed by atoms with van der Waals surface area (Å²) in [5.41, 5.74) is 5.38. The smallest absolute Gasteiger partial charge is 0.269 e. The Labute approximate surface area is 153 Å². The van der Waals surface area contributed by atoms with Crippen molar-refractivity contribution in [3.63, 3.8) is 0 Å². The maximum absolute atomic E-state index is 12.2. The number of nitrogens with zero attached hydrogens (tertiary/aromatic N) is 2. The summed E-state index contributed by atoms with van der Waals surface area (Å²) in [4.78, 5) is 22.4. The molecule has 0 bridgehead atoms. The first-order valence-electron chi connectivity index (χ1n) is 8.53. The molecule has 1 atom stereocenters. The molecule has 0 aliphatic heterocycles. The van der Waals surface area contributed by atoms with Gasteiger partial charge in [-0.15, -0.1) is 0 Å². The summed E-state index contributed by atoms with van der Waals surface area (Å²) in [6.45, 7) is 6.17. The SMILES string of the molecule is CC(C)Cc1ccc(C(C)C(=O)N/N=C/c2ccc([N+](=O)[O-])cc2)cc1. The number of amides is 1. The van der Waals surface area contributed by atoms with Gasteiger partial charge in [-0.2, -0.15) is 5.10 Å². The van der Waals surface area contributed by atoms with Gasteiger partial charge in [-0.3, -0.25) is 14.9 Å². The fourth-order valence-corrected chi connectivity index (χ4v) is 2.51. The van der Waals surface area contributed by atoms with Crippen LogP contribution < -0.4 is 5.43 Å². The lowest BCUT2D eigenvalue weighted by atomic mass is 9.96. The molecule has 0 spiro atoms. The highest BCUT2D eigenvalue weighted by Gasteiger charge is 2.14. The van der Waals surface area contributed by atoms with Crippen molar-refractivity contribution in [2.24, 2.45) is 11.0 Å². The first-order chi connectivity index (χ1) is 12.4. The van der Waals surface area contributed by atoms with Gasteiger partial charge in [0.05, 0.1) is 17.1 Å². The standard InChI is InChI=1S/C20H23N3O3/c1-14(2)12-16-4-8-18(9-5-16)15(3)20(24)22-21-13-17-6-10-19(11-7-17)23(25)26/h4-11,13-15H,12H2,1-3H3,(H,22,24)/b21-13+. The first-order valence-corrected chi connectivity index (χ1v) is 8.53. The van der Waals surface area contributed by atoms with Crippen LogP contribution in [0.15, 0.2) is 53.6 Å². The number of hydrogen-bond donors (Lipinski definition) is 1. The number of non-ortho nitro benzene ring substituents is 1. The average Bonchev–Trinajstić information content (AvgIpc) is 2.61. The van der Waals surface area contributed by atoms with Gasteiger partial charge in [0.2, 0.25) is 5.91 Å².